The molecule has 1 heterocycles. The quantitative estimate of drug-likeness (QED) is 0.314. The minimum Gasteiger partial charge on any atom is -0.494 e. The van der Waals surface area contributed by atoms with Gasteiger partial charge < -0.3 is 9.30 Å². The Morgan fingerprint density at radius 3 is 2.24 bits per heavy atom. The third-order valence-electron chi connectivity index (χ3n) is 4.70. The van der Waals surface area contributed by atoms with Gasteiger partial charge >= 0.3 is 0 Å². The van der Waals surface area contributed by atoms with Crippen molar-refractivity contribution in [2.45, 2.75) is 19.4 Å². The molecule has 0 aliphatic carbocycles. The van der Waals surface area contributed by atoms with Crippen molar-refractivity contribution in [2.24, 2.45) is 0 Å². The number of unbranched alkanes of at least 4 members (excludes halogenated alkanes) is 1. The molecule has 0 saturated carbocycles. The van der Waals surface area contributed by atoms with Crippen molar-refractivity contribution >= 4 is 35.6 Å². The maximum absolute atomic E-state index is 5.81. The molecule has 0 N–H and O–H groups in total. The maximum Gasteiger partial charge on any atom is 0.133 e. The zero-order chi connectivity index (χ0) is 19.0. The fourth-order valence-corrected chi connectivity index (χ4v) is 3.27. The Labute approximate surface area is 178 Å². The topological polar surface area (TPSA) is 27.1 Å². The van der Waals surface area contributed by atoms with Gasteiger partial charge in [0.1, 0.15) is 11.6 Å². The van der Waals surface area contributed by atoms with E-state index in [4.69, 9.17) is 9.72 Å². The molecule has 0 amide bonds. The minimum atomic E-state index is 0. The Morgan fingerprint density at radius 1 is 0.759 bits per heavy atom. The van der Waals surface area contributed by atoms with Crippen LogP contribution in [0.25, 0.3) is 23.2 Å². The average molecular weight is 405 g/mol. The zero-order valence-corrected chi connectivity index (χ0v) is 17.1. The first-order valence-corrected chi connectivity index (χ1v) is 9.76. The second kappa shape index (κ2) is 10.5. The van der Waals surface area contributed by atoms with E-state index in [1.807, 2.05) is 42.5 Å². The van der Waals surface area contributed by atoms with E-state index in [-0.39, 0.29) is 12.4 Å². The van der Waals surface area contributed by atoms with Gasteiger partial charge in [-0.2, -0.15) is 0 Å². The summed E-state index contributed by atoms with van der Waals surface area (Å²) in [4.78, 5) is 4.82. The van der Waals surface area contributed by atoms with Gasteiger partial charge in [-0.25, -0.2) is 4.98 Å². The number of benzene rings is 3. The first kappa shape index (κ1) is 20.7. The van der Waals surface area contributed by atoms with E-state index < -0.39 is 0 Å². The van der Waals surface area contributed by atoms with E-state index in [0.717, 1.165) is 43.1 Å². The van der Waals surface area contributed by atoms with Crippen LogP contribution in [0.3, 0.4) is 0 Å². The summed E-state index contributed by atoms with van der Waals surface area (Å²) in [6.07, 6.45) is 6.27. The van der Waals surface area contributed by atoms with Crippen LogP contribution in [-0.4, -0.2) is 16.2 Å². The minimum absolute atomic E-state index is 0. The molecule has 0 fully saturated rings. The molecule has 0 unspecified atom stereocenters. The summed E-state index contributed by atoms with van der Waals surface area (Å²) in [5.74, 6) is 1.93. The number of para-hydroxylation sites is 3. The Balaban J connectivity index is 0.00000240. The molecule has 148 valence electrons. The van der Waals surface area contributed by atoms with Crippen LogP contribution in [0.1, 0.15) is 24.2 Å². The van der Waals surface area contributed by atoms with E-state index in [1.165, 1.54) is 11.1 Å². The van der Waals surface area contributed by atoms with Gasteiger partial charge in [0.2, 0.25) is 0 Å². The molecule has 4 aromatic rings. The smallest absolute Gasteiger partial charge is 0.133 e. The summed E-state index contributed by atoms with van der Waals surface area (Å²) in [7, 11) is 0. The van der Waals surface area contributed by atoms with Gasteiger partial charge in [-0.15, -0.1) is 12.4 Å². The van der Waals surface area contributed by atoms with Gasteiger partial charge in [0.25, 0.3) is 0 Å². The van der Waals surface area contributed by atoms with E-state index in [0.29, 0.717) is 0 Å². The Morgan fingerprint density at radius 2 is 1.45 bits per heavy atom. The highest BCUT2D eigenvalue weighted by molar-refractivity contribution is 5.85. The van der Waals surface area contributed by atoms with Crippen LogP contribution >= 0.6 is 12.4 Å². The lowest BCUT2D eigenvalue weighted by Crippen LogP contribution is -2.04. The van der Waals surface area contributed by atoms with Crippen molar-refractivity contribution in [3.05, 3.63) is 96.3 Å². The maximum atomic E-state index is 5.81. The number of halogens is 1. The van der Waals surface area contributed by atoms with Crippen LogP contribution < -0.4 is 4.74 Å². The highest BCUT2D eigenvalue weighted by atomic mass is 35.5. The normalized spacial score (nSPS) is 10.9. The lowest BCUT2D eigenvalue weighted by molar-refractivity contribution is 0.303. The van der Waals surface area contributed by atoms with Crippen molar-refractivity contribution in [3.8, 4) is 5.75 Å². The number of nitrogens with zero attached hydrogens (tertiary/aromatic N) is 2. The van der Waals surface area contributed by atoms with Crippen molar-refractivity contribution in [1.29, 1.82) is 0 Å². The molecule has 0 spiro atoms. The molecular formula is C25H25ClN2O. The van der Waals surface area contributed by atoms with Crippen molar-refractivity contribution in [2.75, 3.05) is 6.61 Å². The second-order valence-corrected chi connectivity index (χ2v) is 6.72. The lowest BCUT2D eigenvalue weighted by Gasteiger charge is -2.08. The van der Waals surface area contributed by atoms with Gasteiger partial charge in [-0.3, -0.25) is 0 Å². The standard InChI is InChI=1S/C25H24N2O.ClH/c1-3-11-21(12-4-1)17-18-25-26-23-15-7-8-16-24(23)27(25)19-9-10-20-28-22-13-5-2-6-14-22;/h1-8,11-18H,9-10,19-20H2;1H. The molecule has 0 saturated heterocycles. The average Bonchev–Trinajstić information content (AvgIpc) is 3.11. The number of fused-ring (bicyclic) bond motifs is 1. The molecule has 4 rings (SSSR count). The number of aromatic nitrogens is 2. The molecule has 0 atom stereocenters. The van der Waals surface area contributed by atoms with Crippen molar-refractivity contribution in [3.63, 3.8) is 0 Å². The van der Waals surface area contributed by atoms with Crippen LogP contribution in [0, 0.1) is 0 Å². The highest BCUT2D eigenvalue weighted by Gasteiger charge is 2.08. The first-order chi connectivity index (χ1) is 13.9. The second-order valence-electron chi connectivity index (χ2n) is 6.72. The van der Waals surface area contributed by atoms with E-state index in [1.54, 1.807) is 0 Å². The fraction of sp³-hybridized carbons (Fsp3) is 0.160. The van der Waals surface area contributed by atoms with Gasteiger partial charge in [0.05, 0.1) is 17.6 Å². The molecule has 3 aromatic carbocycles. The zero-order valence-electron chi connectivity index (χ0n) is 16.3. The van der Waals surface area contributed by atoms with Crippen LogP contribution in [0.5, 0.6) is 5.75 Å². The molecule has 0 bridgehead atoms. The predicted molar refractivity (Wildman–Crippen MR) is 124 cm³/mol. The summed E-state index contributed by atoms with van der Waals surface area (Å²) in [5, 5.41) is 0. The largest absolute Gasteiger partial charge is 0.494 e. The molecule has 4 heteroatoms. The van der Waals surface area contributed by atoms with Crippen LogP contribution in [-0.2, 0) is 6.54 Å². The SMILES string of the molecule is C(=Cc1nc2ccccc2n1CCCCOc1ccccc1)c1ccccc1.Cl. The van der Waals surface area contributed by atoms with Gasteiger partial charge in [0, 0.05) is 6.54 Å². The van der Waals surface area contributed by atoms with Gasteiger partial charge in [0.15, 0.2) is 0 Å². The highest BCUT2D eigenvalue weighted by Crippen LogP contribution is 2.19. The van der Waals surface area contributed by atoms with Crippen LogP contribution in [0.4, 0.5) is 0 Å². The van der Waals surface area contributed by atoms with Crippen molar-refractivity contribution in [1.82, 2.24) is 9.55 Å². The third-order valence-corrected chi connectivity index (χ3v) is 4.70. The monoisotopic (exact) mass is 404 g/mol. The van der Waals surface area contributed by atoms with E-state index in [9.17, 15) is 0 Å². The molecule has 29 heavy (non-hydrogen) atoms. The number of ether oxygens (including phenoxy) is 1. The first-order valence-electron chi connectivity index (χ1n) is 9.76. The summed E-state index contributed by atoms with van der Waals surface area (Å²) < 4.78 is 8.11. The number of imidazole rings is 1. The molecular weight excluding hydrogens is 380 g/mol. The third kappa shape index (κ3) is 5.49. The Kier molecular flexibility index (Phi) is 7.48. The number of aryl methyl sites for hydroxylation is 1. The predicted octanol–water partition coefficient (Wildman–Crippen LogP) is 6.49. The van der Waals surface area contributed by atoms with E-state index >= 15 is 0 Å². The molecule has 3 nitrogen and oxygen atoms in total. The lowest BCUT2D eigenvalue weighted by atomic mass is 10.2. The summed E-state index contributed by atoms with van der Waals surface area (Å²) in [6.45, 7) is 1.65. The fourth-order valence-electron chi connectivity index (χ4n) is 3.27. The van der Waals surface area contributed by atoms with Crippen molar-refractivity contribution < 1.29 is 4.74 Å². The summed E-state index contributed by atoms with van der Waals surface area (Å²) >= 11 is 0. The molecule has 0 radical (unpaired) electrons. The number of hydrogen-bond donors (Lipinski definition) is 0. The van der Waals surface area contributed by atoms with Gasteiger partial charge in [-0.05, 0) is 48.7 Å². The molecule has 0 aliphatic rings. The van der Waals surface area contributed by atoms with Gasteiger partial charge in [-0.1, -0.05) is 66.7 Å². The summed E-state index contributed by atoms with van der Waals surface area (Å²) in [5.41, 5.74) is 3.40. The summed E-state index contributed by atoms with van der Waals surface area (Å²) in [6, 6.07) is 28.7. The number of rotatable bonds is 8. The van der Waals surface area contributed by atoms with Crippen LogP contribution in [0.2, 0.25) is 0 Å². The molecule has 0 aliphatic heterocycles. The Hall–Kier alpha value is -3.04. The van der Waals surface area contributed by atoms with Crippen LogP contribution in [0.15, 0.2) is 84.9 Å². The molecule has 1 aromatic heterocycles. The number of hydrogen-bond acceptors (Lipinski definition) is 2. The van der Waals surface area contributed by atoms with E-state index in [2.05, 4.69) is 59.2 Å². The Bertz CT molecular complexity index is 1040.